The monoisotopic (exact) mass is 223 g/mol. The molecule has 0 saturated carbocycles. The molecule has 6 heteroatoms. The van der Waals surface area contributed by atoms with Gasteiger partial charge in [0.2, 0.25) is 5.91 Å². The maximum absolute atomic E-state index is 11.3. The topological polar surface area (TPSA) is 78.9 Å². The Balaban J connectivity index is 2.80. The summed E-state index contributed by atoms with van der Waals surface area (Å²) in [6.07, 6.45) is 0. The summed E-state index contributed by atoms with van der Waals surface area (Å²) < 4.78 is 0. The second-order valence-electron chi connectivity index (χ2n) is 3.42. The van der Waals surface area contributed by atoms with Crippen molar-refractivity contribution in [2.24, 2.45) is 0 Å². The molecule has 1 atom stereocenters. The highest BCUT2D eigenvalue weighted by Gasteiger charge is 2.11. The van der Waals surface area contributed by atoms with Crippen LogP contribution in [0.3, 0.4) is 0 Å². The third-order valence-electron chi connectivity index (χ3n) is 2.10. The number of carbonyl (C=O) groups is 1. The number of hydrogen-bond acceptors (Lipinski definition) is 5. The van der Waals surface area contributed by atoms with E-state index >= 15 is 0 Å². The molecule has 0 aliphatic heterocycles. The molecule has 1 amide bonds. The molecule has 1 aromatic rings. The average molecular weight is 223 g/mol. The molecule has 1 aromatic heterocycles. The Morgan fingerprint density at radius 1 is 1.31 bits per heavy atom. The Labute approximate surface area is 94.9 Å². The Hall–Kier alpha value is -1.85. The summed E-state index contributed by atoms with van der Waals surface area (Å²) in [7, 11) is 3.39. The van der Waals surface area contributed by atoms with Crippen molar-refractivity contribution in [3.8, 4) is 0 Å². The lowest BCUT2D eigenvalue weighted by molar-refractivity contribution is -0.121. The zero-order valence-electron chi connectivity index (χ0n) is 9.96. The van der Waals surface area contributed by atoms with Gasteiger partial charge in [-0.05, 0) is 13.8 Å². The van der Waals surface area contributed by atoms with Gasteiger partial charge in [-0.25, -0.2) is 9.97 Å². The van der Waals surface area contributed by atoms with E-state index in [0.29, 0.717) is 11.6 Å². The van der Waals surface area contributed by atoms with Crippen LogP contribution in [-0.2, 0) is 4.79 Å². The van der Waals surface area contributed by atoms with Gasteiger partial charge in [0, 0.05) is 20.2 Å². The lowest BCUT2D eigenvalue weighted by Gasteiger charge is -2.13. The lowest BCUT2D eigenvalue weighted by atomic mass is 10.3. The highest BCUT2D eigenvalue weighted by Crippen LogP contribution is 2.11. The molecule has 1 unspecified atom stereocenters. The first-order valence-electron chi connectivity index (χ1n) is 5.08. The number of nitrogens with one attached hydrogen (secondary N) is 3. The van der Waals surface area contributed by atoms with E-state index in [9.17, 15) is 4.79 Å². The van der Waals surface area contributed by atoms with Crippen molar-refractivity contribution >= 4 is 17.5 Å². The van der Waals surface area contributed by atoms with Crippen molar-refractivity contribution in [3.63, 3.8) is 0 Å². The summed E-state index contributed by atoms with van der Waals surface area (Å²) in [5.74, 6) is 1.92. The van der Waals surface area contributed by atoms with E-state index in [1.807, 2.05) is 0 Å². The normalized spacial score (nSPS) is 11.8. The maximum atomic E-state index is 11.3. The minimum absolute atomic E-state index is 0.0812. The Bertz CT molecular complexity index is 379. The highest BCUT2D eigenvalue weighted by atomic mass is 16.2. The number of aryl methyl sites for hydroxylation is 1. The molecule has 16 heavy (non-hydrogen) atoms. The van der Waals surface area contributed by atoms with E-state index in [1.54, 1.807) is 34.0 Å². The van der Waals surface area contributed by atoms with Crippen molar-refractivity contribution in [1.82, 2.24) is 15.3 Å². The van der Waals surface area contributed by atoms with Gasteiger partial charge in [0.25, 0.3) is 0 Å². The number of nitrogens with zero attached hydrogens (tertiary/aromatic N) is 2. The first kappa shape index (κ1) is 12.2. The molecule has 88 valence electrons. The molecule has 0 aromatic carbocycles. The van der Waals surface area contributed by atoms with Crippen molar-refractivity contribution in [2.45, 2.75) is 19.9 Å². The predicted molar refractivity (Wildman–Crippen MR) is 63.5 cm³/mol. The third kappa shape index (κ3) is 3.08. The molecule has 0 bridgehead atoms. The van der Waals surface area contributed by atoms with Crippen LogP contribution in [0.1, 0.15) is 12.7 Å². The predicted octanol–water partition coefficient (Wildman–Crippen LogP) is 0.373. The van der Waals surface area contributed by atoms with Crippen molar-refractivity contribution in [1.29, 1.82) is 0 Å². The molecule has 0 saturated heterocycles. The number of hydrogen-bond donors (Lipinski definition) is 3. The van der Waals surface area contributed by atoms with Crippen LogP contribution >= 0.6 is 0 Å². The van der Waals surface area contributed by atoms with E-state index < -0.39 is 0 Å². The Kier molecular flexibility index (Phi) is 4.04. The quantitative estimate of drug-likeness (QED) is 0.687. The Morgan fingerprint density at radius 2 is 1.94 bits per heavy atom. The van der Waals surface area contributed by atoms with Gasteiger partial charge in [0.1, 0.15) is 23.5 Å². The van der Waals surface area contributed by atoms with Crippen LogP contribution in [0.2, 0.25) is 0 Å². The highest BCUT2D eigenvalue weighted by molar-refractivity contribution is 5.83. The minimum atomic E-state index is -0.330. The number of amides is 1. The number of aromatic nitrogens is 2. The largest absolute Gasteiger partial charge is 0.373 e. The maximum Gasteiger partial charge on any atom is 0.241 e. The number of carbonyl (C=O) groups excluding carboxylic acids is 1. The number of anilines is 2. The van der Waals surface area contributed by atoms with Crippen LogP contribution in [0.25, 0.3) is 0 Å². The average Bonchev–Trinajstić information content (AvgIpc) is 2.26. The van der Waals surface area contributed by atoms with Gasteiger partial charge in [-0.1, -0.05) is 0 Å². The summed E-state index contributed by atoms with van der Waals surface area (Å²) in [6, 6.07) is 1.43. The lowest BCUT2D eigenvalue weighted by Crippen LogP contribution is -2.35. The van der Waals surface area contributed by atoms with Gasteiger partial charge in [-0.2, -0.15) is 0 Å². The molecular formula is C10H17N5O. The van der Waals surface area contributed by atoms with Gasteiger partial charge < -0.3 is 16.0 Å². The number of likely N-dealkylation sites (N-methyl/N-ethyl adjacent to an activating group) is 1. The van der Waals surface area contributed by atoms with Gasteiger partial charge in [-0.3, -0.25) is 4.79 Å². The van der Waals surface area contributed by atoms with E-state index in [2.05, 4.69) is 25.9 Å². The number of rotatable bonds is 4. The first-order valence-corrected chi connectivity index (χ1v) is 5.08. The SMILES string of the molecule is CNC(=O)C(C)Nc1cc(NC)nc(C)n1. The van der Waals surface area contributed by atoms with Gasteiger partial charge in [0.15, 0.2) is 0 Å². The van der Waals surface area contributed by atoms with Crippen LogP contribution in [0.5, 0.6) is 0 Å². The van der Waals surface area contributed by atoms with Crippen LogP contribution in [-0.4, -0.2) is 36.0 Å². The van der Waals surface area contributed by atoms with E-state index in [0.717, 1.165) is 5.82 Å². The molecular weight excluding hydrogens is 206 g/mol. The van der Waals surface area contributed by atoms with E-state index in [1.165, 1.54) is 0 Å². The summed E-state index contributed by atoms with van der Waals surface area (Å²) >= 11 is 0. The van der Waals surface area contributed by atoms with Crippen molar-refractivity contribution in [3.05, 3.63) is 11.9 Å². The molecule has 0 spiro atoms. The first-order chi connectivity index (χ1) is 7.56. The van der Waals surface area contributed by atoms with Crippen LogP contribution in [0.4, 0.5) is 11.6 Å². The fourth-order valence-electron chi connectivity index (χ4n) is 1.27. The fraction of sp³-hybridized carbons (Fsp3) is 0.500. The molecule has 0 aliphatic carbocycles. The summed E-state index contributed by atoms with van der Waals surface area (Å²) in [6.45, 7) is 3.58. The van der Waals surface area contributed by atoms with Crippen molar-refractivity contribution in [2.75, 3.05) is 24.7 Å². The summed E-state index contributed by atoms with van der Waals surface area (Å²) in [4.78, 5) is 19.7. The van der Waals surface area contributed by atoms with Gasteiger partial charge in [0.05, 0.1) is 0 Å². The van der Waals surface area contributed by atoms with Crippen molar-refractivity contribution < 1.29 is 4.79 Å². The summed E-state index contributed by atoms with van der Waals surface area (Å²) in [5, 5.41) is 8.51. The summed E-state index contributed by atoms with van der Waals surface area (Å²) in [5.41, 5.74) is 0. The molecule has 6 nitrogen and oxygen atoms in total. The zero-order chi connectivity index (χ0) is 12.1. The third-order valence-corrected chi connectivity index (χ3v) is 2.10. The van der Waals surface area contributed by atoms with Crippen LogP contribution in [0.15, 0.2) is 6.07 Å². The second-order valence-corrected chi connectivity index (χ2v) is 3.42. The second kappa shape index (κ2) is 5.29. The molecule has 1 heterocycles. The fourth-order valence-corrected chi connectivity index (χ4v) is 1.27. The smallest absolute Gasteiger partial charge is 0.241 e. The van der Waals surface area contributed by atoms with Gasteiger partial charge in [-0.15, -0.1) is 0 Å². The Morgan fingerprint density at radius 3 is 2.50 bits per heavy atom. The van der Waals surface area contributed by atoms with Gasteiger partial charge >= 0.3 is 0 Å². The van der Waals surface area contributed by atoms with Crippen LogP contribution < -0.4 is 16.0 Å². The molecule has 0 fully saturated rings. The molecule has 1 rings (SSSR count). The molecule has 3 N–H and O–H groups in total. The van der Waals surface area contributed by atoms with E-state index in [4.69, 9.17) is 0 Å². The van der Waals surface area contributed by atoms with E-state index in [-0.39, 0.29) is 11.9 Å². The minimum Gasteiger partial charge on any atom is -0.373 e. The van der Waals surface area contributed by atoms with Crippen LogP contribution in [0, 0.1) is 6.92 Å². The molecule has 0 aliphatic rings. The molecule has 0 radical (unpaired) electrons. The zero-order valence-corrected chi connectivity index (χ0v) is 9.96. The standard InChI is InChI=1S/C10H17N5O/c1-6(10(16)12-4)13-9-5-8(11-3)14-7(2)15-9/h5-6H,1-4H3,(H,12,16)(H2,11,13,14,15).